The number of fused-ring (bicyclic) bond motifs is 3. The molecule has 2 heterocycles. The lowest BCUT2D eigenvalue weighted by Crippen LogP contribution is -2.51. The molecule has 3 aliphatic rings. The number of hydrogen-bond acceptors (Lipinski definition) is 5. The third-order valence-electron chi connectivity index (χ3n) is 7.30. The Morgan fingerprint density at radius 2 is 1.51 bits per heavy atom. The molecule has 3 aromatic rings. The number of halogens is 1. The van der Waals surface area contributed by atoms with Crippen molar-refractivity contribution in [3.63, 3.8) is 0 Å². The Balaban J connectivity index is 1.53. The number of nitrogens with zero attached hydrogens (tertiary/aromatic N) is 1. The largest absolute Gasteiger partial charge is 0.349 e. The minimum Gasteiger partial charge on any atom is -0.349 e. The molecule has 35 heavy (non-hydrogen) atoms. The van der Waals surface area contributed by atoms with E-state index in [2.05, 4.69) is 0 Å². The molecule has 6 nitrogen and oxygen atoms in total. The zero-order valence-electron chi connectivity index (χ0n) is 18.7. The molecule has 1 aliphatic carbocycles. The van der Waals surface area contributed by atoms with Gasteiger partial charge in [-0.15, -0.1) is 0 Å². The predicted molar refractivity (Wildman–Crippen MR) is 128 cm³/mol. The number of rotatable bonds is 3. The van der Waals surface area contributed by atoms with Crippen LogP contribution < -0.4 is 4.90 Å². The molecule has 3 atom stereocenters. The van der Waals surface area contributed by atoms with Gasteiger partial charge in [0.15, 0.2) is 0 Å². The molecule has 3 aromatic carbocycles. The Bertz CT molecular complexity index is 1390. The zero-order valence-corrected chi connectivity index (χ0v) is 19.5. The molecule has 0 bridgehead atoms. The summed E-state index contributed by atoms with van der Waals surface area (Å²) in [5.41, 5.74) is 0.308. The first-order chi connectivity index (χ1) is 16.9. The van der Waals surface area contributed by atoms with Gasteiger partial charge < -0.3 is 4.74 Å². The fourth-order valence-electron chi connectivity index (χ4n) is 5.64. The minimum atomic E-state index is -2.09. The van der Waals surface area contributed by atoms with Crippen LogP contribution in [0.5, 0.6) is 0 Å². The second-order valence-electron chi connectivity index (χ2n) is 9.07. The number of hydrogen-bond donors (Lipinski definition) is 0. The number of Topliss-reactive ketones (excluding diaryl/α,β-unsaturated/α-hetero) is 2. The quantitative estimate of drug-likeness (QED) is 0.400. The molecule has 2 fully saturated rings. The minimum absolute atomic E-state index is 0.203. The normalized spacial score (nSPS) is 24.4. The van der Waals surface area contributed by atoms with Crippen LogP contribution in [0.15, 0.2) is 72.8 Å². The van der Waals surface area contributed by atoms with E-state index in [4.69, 9.17) is 16.3 Å². The Morgan fingerprint density at radius 3 is 2.11 bits per heavy atom. The third kappa shape index (κ3) is 2.87. The Kier molecular flexibility index (Phi) is 4.82. The lowest BCUT2D eigenvalue weighted by atomic mass is 9.77. The van der Waals surface area contributed by atoms with Gasteiger partial charge in [0.25, 0.3) is 0 Å². The van der Waals surface area contributed by atoms with Crippen molar-refractivity contribution in [1.29, 1.82) is 0 Å². The SMILES string of the molecule is CCc1ccc(N2C(=O)[C@H]3[C@@H](C2=O)C2(O[C@H]3c3cccc(Cl)c3)C(=O)c3ccccc3C2=O)cc1. The number of ether oxygens (including phenoxy) is 1. The molecule has 174 valence electrons. The van der Waals surface area contributed by atoms with E-state index in [1.807, 2.05) is 19.1 Å². The maximum Gasteiger partial charge on any atom is 0.241 e. The van der Waals surface area contributed by atoms with Crippen LogP contribution in [0, 0.1) is 11.8 Å². The molecule has 2 saturated heterocycles. The number of aryl methyl sites for hydroxylation is 1. The summed E-state index contributed by atoms with van der Waals surface area (Å²) in [5.74, 6) is -4.60. The molecule has 2 amide bonds. The number of benzene rings is 3. The lowest BCUT2D eigenvalue weighted by Gasteiger charge is -2.27. The summed E-state index contributed by atoms with van der Waals surface area (Å²) in [4.78, 5) is 56.3. The Labute approximate surface area is 206 Å². The van der Waals surface area contributed by atoms with Crippen LogP contribution in [0.2, 0.25) is 5.02 Å². The van der Waals surface area contributed by atoms with Crippen LogP contribution in [0.3, 0.4) is 0 Å². The van der Waals surface area contributed by atoms with Crippen molar-refractivity contribution in [1.82, 2.24) is 0 Å². The zero-order chi connectivity index (χ0) is 24.5. The van der Waals surface area contributed by atoms with E-state index in [0.29, 0.717) is 16.3 Å². The van der Waals surface area contributed by atoms with Gasteiger partial charge in [-0.3, -0.25) is 19.2 Å². The van der Waals surface area contributed by atoms with Gasteiger partial charge >= 0.3 is 0 Å². The van der Waals surface area contributed by atoms with E-state index in [1.54, 1.807) is 60.7 Å². The Hall–Kier alpha value is -3.61. The average Bonchev–Trinajstić information content (AvgIpc) is 3.44. The second kappa shape index (κ2) is 7.70. The highest BCUT2D eigenvalue weighted by Crippen LogP contribution is 2.57. The summed E-state index contributed by atoms with van der Waals surface area (Å²) >= 11 is 6.21. The lowest BCUT2D eigenvalue weighted by molar-refractivity contribution is -0.127. The first-order valence-corrected chi connectivity index (χ1v) is 11.8. The molecule has 0 unspecified atom stereocenters. The van der Waals surface area contributed by atoms with Gasteiger partial charge in [0.2, 0.25) is 29.0 Å². The highest BCUT2D eigenvalue weighted by molar-refractivity contribution is 6.37. The third-order valence-corrected chi connectivity index (χ3v) is 7.53. The number of carbonyl (C=O) groups is 4. The van der Waals surface area contributed by atoms with Gasteiger partial charge in [-0.1, -0.05) is 67.1 Å². The van der Waals surface area contributed by atoms with Crippen LogP contribution in [-0.2, 0) is 20.7 Å². The van der Waals surface area contributed by atoms with Crippen molar-refractivity contribution in [2.75, 3.05) is 4.90 Å². The van der Waals surface area contributed by atoms with Gasteiger partial charge in [0, 0.05) is 16.1 Å². The van der Waals surface area contributed by atoms with Crippen LogP contribution in [0.4, 0.5) is 5.69 Å². The molecule has 0 N–H and O–H groups in total. The van der Waals surface area contributed by atoms with Crippen molar-refractivity contribution in [3.8, 4) is 0 Å². The highest BCUT2D eigenvalue weighted by Gasteiger charge is 2.74. The van der Waals surface area contributed by atoms with E-state index < -0.39 is 46.9 Å². The monoisotopic (exact) mass is 485 g/mol. The van der Waals surface area contributed by atoms with Gasteiger partial charge in [-0.2, -0.15) is 0 Å². The van der Waals surface area contributed by atoms with Crippen molar-refractivity contribution in [2.24, 2.45) is 11.8 Å². The molecule has 0 saturated carbocycles. The molecule has 7 heteroatoms. The maximum absolute atomic E-state index is 13.9. The van der Waals surface area contributed by atoms with Crippen molar-refractivity contribution in [2.45, 2.75) is 25.0 Å². The summed E-state index contributed by atoms with van der Waals surface area (Å²) in [5, 5.41) is 0.416. The van der Waals surface area contributed by atoms with Crippen LogP contribution in [-0.4, -0.2) is 29.0 Å². The first kappa shape index (κ1) is 21.9. The van der Waals surface area contributed by atoms with E-state index in [9.17, 15) is 19.2 Å². The maximum atomic E-state index is 13.9. The van der Waals surface area contributed by atoms with E-state index in [1.165, 1.54) is 0 Å². The van der Waals surface area contributed by atoms with Crippen LogP contribution in [0.25, 0.3) is 0 Å². The summed E-state index contributed by atoms with van der Waals surface area (Å²) < 4.78 is 6.26. The summed E-state index contributed by atoms with van der Waals surface area (Å²) in [6, 6.07) is 20.3. The molecular formula is C28H20ClNO5. The fourth-order valence-corrected chi connectivity index (χ4v) is 5.84. The van der Waals surface area contributed by atoms with Crippen molar-refractivity contribution in [3.05, 3.63) is 100 Å². The summed E-state index contributed by atoms with van der Waals surface area (Å²) in [6.45, 7) is 2.01. The highest BCUT2D eigenvalue weighted by atomic mass is 35.5. The fraction of sp³-hybridized carbons (Fsp3) is 0.214. The molecule has 2 aliphatic heterocycles. The predicted octanol–water partition coefficient (Wildman–Crippen LogP) is 4.60. The number of ketones is 2. The number of amides is 2. The Morgan fingerprint density at radius 1 is 0.857 bits per heavy atom. The average molecular weight is 486 g/mol. The smallest absolute Gasteiger partial charge is 0.241 e. The molecule has 0 radical (unpaired) electrons. The van der Waals surface area contributed by atoms with Gasteiger partial charge in [0.05, 0.1) is 23.6 Å². The standard InChI is InChI=1S/C28H20ClNO5/c1-2-15-10-12-18(13-11-15)30-26(33)21-22(27(30)34)28(35-23(21)16-6-5-7-17(29)14-16)24(31)19-8-3-4-9-20(19)25(28)32/h3-14,21-23H,2H2,1H3/t21-,22-,23-/m0/s1. The number of carbonyl (C=O) groups excluding carboxylic acids is 4. The van der Waals surface area contributed by atoms with E-state index >= 15 is 0 Å². The summed E-state index contributed by atoms with van der Waals surface area (Å²) in [6.07, 6.45) is -0.181. The topological polar surface area (TPSA) is 80.8 Å². The van der Waals surface area contributed by atoms with Gasteiger partial charge in [-0.25, -0.2) is 4.90 Å². The second-order valence-corrected chi connectivity index (χ2v) is 9.50. The number of anilines is 1. The van der Waals surface area contributed by atoms with Gasteiger partial charge in [-0.05, 0) is 41.8 Å². The van der Waals surface area contributed by atoms with E-state index in [-0.39, 0.29) is 11.1 Å². The molecule has 0 aromatic heterocycles. The van der Waals surface area contributed by atoms with Crippen molar-refractivity contribution >= 4 is 40.7 Å². The molecular weight excluding hydrogens is 466 g/mol. The first-order valence-electron chi connectivity index (χ1n) is 11.5. The van der Waals surface area contributed by atoms with Gasteiger partial charge in [0.1, 0.15) is 0 Å². The number of imide groups is 1. The molecule has 6 rings (SSSR count). The van der Waals surface area contributed by atoms with Crippen LogP contribution >= 0.6 is 11.6 Å². The summed E-state index contributed by atoms with van der Waals surface area (Å²) in [7, 11) is 0. The van der Waals surface area contributed by atoms with Crippen molar-refractivity contribution < 1.29 is 23.9 Å². The molecule has 1 spiro atoms. The van der Waals surface area contributed by atoms with E-state index in [0.717, 1.165) is 16.9 Å². The van der Waals surface area contributed by atoms with Crippen LogP contribution in [0.1, 0.15) is 44.9 Å².